The van der Waals surface area contributed by atoms with Crippen LogP contribution >= 0.6 is 0 Å². The van der Waals surface area contributed by atoms with Gasteiger partial charge in [0.05, 0.1) is 23.9 Å². The van der Waals surface area contributed by atoms with Gasteiger partial charge in [0.1, 0.15) is 6.26 Å². The van der Waals surface area contributed by atoms with Gasteiger partial charge in [-0.05, 0) is 55.6 Å². The molecule has 2 bridgehead atoms. The van der Waals surface area contributed by atoms with Gasteiger partial charge in [0, 0.05) is 12.5 Å². The molecule has 2 aliphatic heterocycles. The van der Waals surface area contributed by atoms with Gasteiger partial charge in [0.15, 0.2) is 5.69 Å². The van der Waals surface area contributed by atoms with Crippen molar-refractivity contribution in [3.8, 4) is 0 Å². The number of ether oxygens (including phenoxy) is 1. The summed E-state index contributed by atoms with van der Waals surface area (Å²) in [4.78, 5) is 17.4. The van der Waals surface area contributed by atoms with Gasteiger partial charge in [-0.1, -0.05) is 69.2 Å². The summed E-state index contributed by atoms with van der Waals surface area (Å²) in [6.07, 6.45) is 15.5. The lowest BCUT2D eigenvalue weighted by Gasteiger charge is -2.26. The van der Waals surface area contributed by atoms with Crippen molar-refractivity contribution in [1.82, 2.24) is 10.3 Å². The summed E-state index contributed by atoms with van der Waals surface area (Å²) < 4.78 is 43.6. The van der Waals surface area contributed by atoms with E-state index in [0.29, 0.717) is 31.0 Å². The van der Waals surface area contributed by atoms with Crippen LogP contribution in [-0.4, -0.2) is 48.4 Å². The second-order valence-corrected chi connectivity index (χ2v) is 13.2. The van der Waals surface area contributed by atoms with Gasteiger partial charge in [-0.3, -0.25) is 9.35 Å². The molecule has 39 heavy (non-hydrogen) atoms. The quantitative estimate of drug-likeness (QED) is 0.247. The summed E-state index contributed by atoms with van der Waals surface area (Å²) in [7, 11) is -3.97. The number of carbonyl (C=O) groups is 1. The molecule has 3 heterocycles. The van der Waals surface area contributed by atoms with E-state index in [4.69, 9.17) is 13.7 Å². The highest BCUT2D eigenvalue weighted by Gasteiger charge is 2.51. The molecule has 8 nitrogen and oxygen atoms in total. The van der Waals surface area contributed by atoms with Crippen LogP contribution in [0.15, 0.2) is 34.9 Å². The summed E-state index contributed by atoms with van der Waals surface area (Å²) >= 11 is 0. The van der Waals surface area contributed by atoms with Gasteiger partial charge in [0.2, 0.25) is 5.89 Å². The molecule has 1 aliphatic carbocycles. The van der Waals surface area contributed by atoms with Crippen molar-refractivity contribution < 1.29 is 26.9 Å². The number of fused-ring (bicyclic) bond motifs is 2. The molecule has 4 unspecified atom stereocenters. The normalized spacial score (nSPS) is 25.3. The molecular formula is C30H42N2O6S. The first-order chi connectivity index (χ1) is 18.9. The fraction of sp³-hybridized carbons (Fsp3) is 0.667. The molecule has 214 valence electrons. The first-order valence-corrected chi connectivity index (χ1v) is 16.4. The lowest BCUT2D eigenvalue weighted by atomic mass is 9.75. The van der Waals surface area contributed by atoms with Crippen LogP contribution in [0.3, 0.4) is 0 Å². The Morgan fingerprint density at radius 3 is 2.56 bits per heavy atom. The highest BCUT2D eigenvalue weighted by molar-refractivity contribution is 7.85. The lowest BCUT2D eigenvalue weighted by Crippen LogP contribution is -2.28. The summed E-state index contributed by atoms with van der Waals surface area (Å²) in [6, 6.07) is 8.04. The summed E-state index contributed by atoms with van der Waals surface area (Å²) in [5.74, 6) is 1.15. The number of hydrogen-bond acceptors (Lipinski definition) is 6. The Balaban J connectivity index is 1.17. The average Bonchev–Trinajstić information content (AvgIpc) is 3.66. The van der Waals surface area contributed by atoms with Gasteiger partial charge in [-0.15, -0.1) is 0 Å². The van der Waals surface area contributed by atoms with E-state index >= 15 is 0 Å². The van der Waals surface area contributed by atoms with Crippen LogP contribution in [0.25, 0.3) is 0 Å². The Bertz CT molecular complexity index is 1210. The number of nitrogens with one attached hydrogen (secondary N) is 1. The van der Waals surface area contributed by atoms with E-state index in [0.717, 1.165) is 49.1 Å². The standard InChI is InChI=1S/C30H42N2O6S/c33-29(31-17-7-6-11-21-9-2-1-3-10-21)25-20-37-30(32-25)28-24(26-15-16-27(28)38-26)19-23-13-5-4-12-22(23)14-8-18-39(34,35)36/h4-5,12-13,20-21,24,26-28H,1-3,6-11,14-19H2,(H,31,33)(H,34,35,36). The summed E-state index contributed by atoms with van der Waals surface area (Å²) in [5.41, 5.74) is 2.56. The maximum atomic E-state index is 12.8. The number of hydrogen-bond donors (Lipinski definition) is 2. The maximum Gasteiger partial charge on any atom is 0.273 e. The van der Waals surface area contributed by atoms with Crippen LogP contribution < -0.4 is 5.32 Å². The zero-order valence-electron chi connectivity index (χ0n) is 22.7. The van der Waals surface area contributed by atoms with Crippen LogP contribution in [0.5, 0.6) is 0 Å². The third-order valence-corrected chi connectivity index (χ3v) is 9.74. The number of aromatic nitrogens is 1. The van der Waals surface area contributed by atoms with Crippen molar-refractivity contribution in [3.05, 3.63) is 53.2 Å². The van der Waals surface area contributed by atoms with Crippen molar-refractivity contribution in [2.45, 2.75) is 102 Å². The zero-order valence-corrected chi connectivity index (χ0v) is 23.5. The molecule has 3 fully saturated rings. The minimum absolute atomic E-state index is 0.0216. The molecule has 1 aromatic heterocycles. The van der Waals surface area contributed by atoms with Crippen molar-refractivity contribution >= 4 is 16.0 Å². The number of unbranched alkanes of at least 4 members (excludes halogenated alkanes) is 1. The predicted octanol–water partition coefficient (Wildman–Crippen LogP) is 5.48. The third kappa shape index (κ3) is 7.50. The van der Waals surface area contributed by atoms with E-state index in [1.165, 1.54) is 44.8 Å². The number of aryl methyl sites for hydroxylation is 1. The molecule has 9 heteroatoms. The van der Waals surface area contributed by atoms with Gasteiger partial charge in [0.25, 0.3) is 16.0 Å². The van der Waals surface area contributed by atoms with Gasteiger partial charge in [-0.2, -0.15) is 8.42 Å². The Hall–Kier alpha value is -2.23. The van der Waals surface area contributed by atoms with Crippen molar-refractivity contribution in [1.29, 1.82) is 0 Å². The topological polar surface area (TPSA) is 119 Å². The number of oxazole rings is 1. The number of amides is 1. The molecule has 1 saturated carbocycles. The number of benzene rings is 1. The fourth-order valence-electron chi connectivity index (χ4n) is 6.95. The minimum atomic E-state index is -3.97. The molecule has 3 aliphatic rings. The van der Waals surface area contributed by atoms with Crippen LogP contribution in [0.1, 0.15) is 104 Å². The van der Waals surface area contributed by atoms with E-state index in [1.54, 1.807) is 0 Å². The molecule has 2 N–H and O–H groups in total. The Kier molecular flexibility index (Phi) is 9.40. The lowest BCUT2D eigenvalue weighted by molar-refractivity contribution is 0.0897. The Morgan fingerprint density at radius 2 is 1.77 bits per heavy atom. The van der Waals surface area contributed by atoms with Crippen LogP contribution in [0.4, 0.5) is 0 Å². The van der Waals surface area contributed by atoms with Crippen molar-refractivity contribution in [2.75, 3.05) is 12.3 Å². The molecule has 1 aromatic carbocycles. The van der Waals surface area contributed by atoms with Crippen LogP contribution in [0, 0.1) is 11.8 Å². The Morgan fingerprint density at radius 1 is 1.00 bits per heavy atom. The minimum Gasteiger partial charge on any atom is -0.448 e. The highest BCUT2D eigenvalue weighted by Crippen LogP contribution is 2.50. The molecule has 0 spiro atoms. The number of carbonyl (C=O) groups excluding carboxylic acids is 1. The third-order valence-electron chi connectivity index (χ3n) is 8.94. The molecule has 0 radical (unpaired) electrons. The van der Waals surface area contributed by atoms with Crippen molar-refractivity contribution in [3.63, 3.8) is 0 Å². The van der Waals surface area contributed by atoms with Crippen LogP contribution in [-0.2, 0) is 27.7 Å². The van der Waals surface area contributed by atoms with E-state index in [1.807, 2.05) is 18.2 Å². The van der Waals surface area contributed by atoms with E-state index in [9.17, 15) is 13.2 Å². The number of nitrogens with zero attached hydrogens (tertiary/aromatic N) is 1. The largest absolute Gasteiger partial charge is 0.448 e. The molecular weight excluding hydrogens is 516 g/mol. The van der Waals surface area contributed by atoms with Gasteiger partial charge < -0.3 is 14.5 Å². The highest BCUT2D eigenvalue weighted by atomic mass is 32.2. The van der Waals surface area contributed by atoms with E-state index in [-0.39, 0.29) is 35.7 Å². The SMILES string of the molecule is O=C(NCCCCC1CCCCC1)c1coc(C2C3CCC(O3)C2Cc2ccccc2CCCS(=O)(=O)O)n1. The smallest absolute Gasteiger partial charge is 0.273 e. The monoisotopic (exact) mass is 558 g/mol. The second-order valence-electron chi connectivity index (χ2n) is 11.7. The Labute approximate surface area is 232 Å². The second kappa shape index (κ2) is 13.0. The summed E-state index contributed by atoms with van der Waals surface area (Å²) in [5, 5.41) is 3.01. The predicted molar refractivity (Wildman–Crippen MR) is 148 cm³/mol. The maximum absolute atomic E-state index is 12.8. The first kappa shape index (κ1) is 28.3. The zero-order chi connectivity index (χ0) is 27.2. The van der Waals surface area contributed by atoms with Crippen LogP contribution in [0.2, 0.25) is 0 Å². The van der Waals surface area contributed by atoms with Gasteiger partial charge in [-0.25, -0.2) is 4.98 Å². The molecule has 5 rings (SSSR count). The van der Waals surface area contributed by atoms with Crippen molar-refractivity contribution in [2.24, 2.45) is 11.8 Å². The average molecular weight is 559 g/mol. The van der Waals surface area contributed by atoms with Gasteiger partial charge >= 0.3 is 0 Å². The first-order valence-electron chi connectivity index (χ1n) is 14.8. The number of rotatable bonds is 13. The van der Waals surface area contributed by atoms with E-state index < -0.39 is 10.1 Å². The molecule has 4 atom stereocenters. The summed E-state index contributed by atoms with van der Waals surface area (Å²) in [6.45, 7) is 0.655. The van der Waals surface area contributed by atoms with E-state index in [2.05, 4.69) is 16.4 Å². The molecule has 2 aromatic rings. The molecule has 2 saturated heterocycles. The molecule has 1 amide bonds. The fourth-order valence-corrected chi connectivity index (χ4v) is 7.46.